The summed E-state index contributed by atoms with van der Waals surface area (Å²) in [4.78, 5) is 72.3. The molecule has 0 aliphatic carbocycles. The van der Waals surface area contributed by atoms with Crippen LogP contribution in [0.3, 0.4) is 0 Å². The predicted octanol–water partition coefficient (Wildman–Crippen LogP) is 10.1. The number of amides is 4. The smallest absolute Gasteiger partial charge is 0.326 e. The lowest BCUT2D eigenvalue weighted by atomic mass is 10.1. The van der Waals surface area contributed by atoms with E-state index in [0.29, 0.717) is 77.3 Å². The van der Waals surface area contributed by atoms with E-state index in [0.717, 1.165) is 57.8 Å². The summed E-state index contributed by atoms with van der Waals surface area (Å²) in [6.07, 6.45) is 32.5. The van der Waals surface area contributed by atoms with Crippen molar-refractivity contribution in [3.8, 4) is 0 Å². The van der Waals surface area contributed by atoms with Gasteiger partial charge in [0.1, 0.15) is 12.1 Å². The number of aliphatic carboxylic acids is 2. The van der Waals surface area contributed by atoms with E-state index >= 15 is 0 Å². The van der Waals surface area contributed by atoms with Gasteiger partial charge in [0.15, 0.2) is 0 Å². The summed E-state index contributed by atoms with van der Waals surface area (Å²) < 4.78 is 0. The number of rotatable bonds is 44. The Morgan fingerprint density at radius 3 is 0.864 bits per heavy atom. The molecule has 0 heterocycles. The predicted molar refractivity (Wildman–Crippen MR) is 238 cm³/mol. The standard InChI is InChI=1S/C47H88N4O8/c1-3-5-7-9-11-13-16-20-24-34-42(52)48-38-30-28-32-40(46(56)57)50-44(54)36-26-22-18-15-19-23-27-37-45(55)51-41(47(58)59)33-29-31-39-49-43(53)35-25-21-17-14-12-10-8-6-4-2/h40-41H,3-39H2,1-2H3,(H,48,52)(H,49,53)(H,50,54)(H,51,55)(H,56,57)(H,58,59)/t40-,41-/m0/s1. The zero-order valence-corrected chi connectivity index (χ0v) is 37.7. The van der Waals surface area contributed by atoms with Crippen LogP contribution in [-0.2, 0) is 28.8 Å². The van der Waals surface area contributed by atoms with Crippen LogP contribution in [0, 0.1) is 0 Å². The van der Waals surface area contributed by atoms with Crippen molar-refractivity contribution in [2.75, 3.05) is 13.1 Å². The number of carbonyl (C=O) groups is 6. The molecule has 0 spiro atoms. The summed E-state index contributed by atoms with van der Waals surface area (Å²) in [5.74, 6) is -2.52. The zero-order valence-electron chi connectivity index (χ0n) is 37.7. The Hall–Kier alpha value is -3.18. The molecular formula is C47H88N4O8. The lowest BCUT2D eigenvalue weighted by molar-refractivity contribution is -0.142. The first-order valence-corrected chi connectivity index (χ1v) is 24.2. The molecule has 0 unspecified atom stereocenters. The number of nitrogens with one attached hydrogen (secondary N) is 4. The van der Waals surface area contributed by atoms with Crippen molar-refractivity contribution < 1.29 is 39.0 Å². The van der Waals surface area contributed by atoms with Gasteiger partial charge < -0.3 is 31.5 Å². The van der Waals surface area contributed by atoms with Crippen molar-refractivity contribution in [1.29, 1.82) is 0 Å². The number of hydrogen-bond acceptors (Lipinski definition) is 6. The fourth-order valence-electron chi connectivity index (χ4n) is 7.27. The van der Waals surface area contributed by atoms with E-state index in [-0.39, 0.29) is 36.5 Å². The number of unbranched alkanes of at least 4 members (excludes halogenated alkanes) is 24. The Bertz CT molecular complexity index is 1010. The summed E-state index contributed by atoms with van der Waals surface area (Å²) in [7, 11) is 0. The largest absolute Gasteiger partial charge is 0.480 e. The molecule has 59 heavy (non-hydrogen) atoms. The molecule has 0 saturated carbocycles. The van der Waals surface area contributed by atoms with Gasteiger partial charge in [0.25, 0.3) is 0 Å². The van der Waals surface area contributed by atoms with Crippen molar-refractivity contribution in [1.82, 2.24) is 21.3 Å². The maximum Gasteiger partial charge on any atom is 0.326 e. The van der Waals surface area contributed by atoms with E-state index < -0.39 is 24.0 Å². The van der Waals surface area contributed by atoms with Crippen LogP contribution in [0.5, 0.6) is 0 Å². The summed E-state index contributed by atoms with van der Waals surface area (Å²) in [5.41, 5.74) is 0. The molecule has 2 atom stereocenters. The Morgan fingerprint density at radius 2 is 0.593 bits per heavy atom. The molecule has 0 saturated heterocycles. The third-order valence-corrected chi connectivity index (χ3v) is 11.1. The number of carboxylic acids is 2. The molecule has 344 valence electrons. The highest BCUT2D eigenvalue weighted by Crippen LogP contribution is 2.13. The minimum absolute atomic E-state index is 0.0472. The Kier molecular flexibility index (Phi) is 39.3. The van der Waals surface area contributed by atoms with Crippen LogP contribution in [0.1, 0.15) is 239 Å². The van der Waals surface area contributed by atoms with Gasteiger partial charge in [-0.05, 0) is 64.2 Å². The molecule has 6 N–H and O–H groups in total. The third-order valence-electron chi connectivity index (χ3n) is 11.1. The van der Waals surface area contributed by atoms with Gasteiger partial charge in [0.05, 0.1) is 0 Å². The van der Waals surface area contributed by atoms with Crippen LogP contribution in [0.4, 0.5) is 0 Å². The normalized spacial score (nSPS) is 12.1. The molecule has 0 bridgehead atoms. The van der Waals surface area contributed by atoms with E-state index in [2.05, 4.69) is 35.1 Å². The van der Waals surface area contributed by atoms with E-state index in [4.69, 9.17) is 0 Å². The fourth-order valence-corrected chi connectivity index (χ4v) is 7.27. The molecule has 0 fully saturated rings. The van der Waals surface area contributed by atoms with Crippen molar-refractivity contribution in [2.45, 2.75) is 251 Å². The van der Waals surface area contributed by atoms with Gasteiger partial charge >= 0.3 is 11.9 Å². The van der Waals surface area contributed by atoms with Crippen LogP contribution >= 0.6 is 0 Å². The van der Waals surface area contributed by atoms with Gasteiger partial charge in [-0.25, -0.2) is 9.59 Å². The van der Waals surface area contributed by atoms with Gasteiger partial charge in [-0.15, -0.1) is 0 Å². The molecule has 12 nitrogen and oxygen atoms in total. The van der Waals surface area contributed by atoms with Gasteiger partial charge in [-0.2, -0.15) is 0 Å². The quantitative estimate of drug-likeness (QED) is 0.0327. The third kappa shape index (κ3) is 38.8. The fraction of sp³-hybridized carbons (Fsp3) is 0.872. The average Bonchev–Trinajstić information content (AvgIpc) is 3.20. The highest BCUT2D eigenvalue weighted by molar-refractivity contribution is 5.84. The Morgan fingerprint density at radius 1 is 0.339 bits per heavy atom. The maximum atomic E-state index is 12.4. The summed E-state index contributed by atoms with van der Waals surface area (Å²) in [6.45, 7) is 5.47. The van der Waals surface area contributed by atoms with Crippen molar-refractivity contribution in [2.24, 2.45) is 0 Å². The van der Waals surface area contributed by atoms with Crippen molar-refractivity contribution in [3.63, 3.8) is 0 Å². The summed E-state index contributed by atoms with van der Waals surface area (Å²) in [5, 5.41) is 30.3. The highest BCUT2D eigenvalue weighted by Gasteiger charge is 2.20. The monoisotopic (exact) mass is 837 g/mol. The summed E-state index contributed by atoms with van der Waals surface area (Å²) in [6, 6.07) is -1.86. The molecule has 0 aliphatic heterocycles. The second kappa shape index (κ2) is 41.5. The topological polar surface area (TPSA) is 191 Å². The molecule has 0 aliphatic rings. The lowest BCUT2D eigenvalue weighted by Gasteiger charge is -2.15. The van der Waals surface area contributed by atoms with Crippen molar-refractivity contribution in [3.05, 3.63) is 0 Å². The van der Waals surface area contributed by atoms with Gasteiger partial charge in [-0.3, -0.25) is 19.2 Å². The molecule has 0 aromatic carbocycles. The Balaban J connectivity index is 3.85. The zero-order chi connectivity index (χ0) is 43.6. The van der Waals surface area contributed by atoms with Crippen LogP contribution in [0.15, 0.2) is 0 Å². The Labute approximate surface area is 358 Å². The molecular weight excluding hydrogens is 749 g/mol. The van der Waals surface area contributed by atoms with Crippen LogP contribution in [-0.4, -0.2) is 71.0 Å². The lowest BCUT2D eigenvalue weighted by Crippen LogP contribution is -2.40. The second-order valence-electron chi connectivity index (χ2n) is 16.7. The minimum atomic E-state index is -1.04. The maximum absolute atomic E-state index is 12.4. The first kappa shape index (κ1) is 55.8. The number of carboxylic acid groups (broad SMARTS) is 2. The average molecular weight is 837 g/mol. The molecule has 0 aromatic heterocycles. The highest BCUT2D eigenvalue weighted by atomic mass is 16.4. The SMILES string of the molecule is CCCCCCCCCCCC(=O)NCCCC[C@H](NC(=O)CCCCCCCCCC(=O)N[C@@H](CCCCNC(=O)CCCCCCCCCCC)C(=O)O)C(=O)O. The summed E-state index contributed by atoms with van der Waals surface area (Å²) >= 11 is 0. The minimum Gasteiger partial charge on any atom is -0.480 e. The van der Waals surface area contributed by atoms with E-state index in [1.807, 2.05) is 0 Å². The first-order chi connectivity index (χ1) is 28.6. The first-order valence-electron chi connectivity index (χ1n) is 24.2. The second-order valence-corrected chi connectivity index (χ2v) is 16.7. The van der Waals surface area contributed by atoms with Crippen molar-refractivity contribution >= 4 is 35.6 Å². The van der Waals surface area contributed by atoms with Gasteiger partial charge in [0.2, 0.25) is 23.6 Å². The van der Waals surface area contributed by atoms with Crippen LogP contribution in [0.25, 0.3) is 0 Å². The molecule has 4 amide bonds. The van der Waals surface area contributed by atoms with Gasteiger partial charge in [-0.1, -0.05) is 149 Å². The van der Waals surface area contributed by atoms with E-state index in [9.17, 15) is 39.0 Å². The van der Waals surface area contributed by atoms with E-state index in [1.54, 1.807) is 0 Å². The van der Waals surface area contributed by atoms with Crippen LogP contribution in [0.2, 0.25) is 0 Å². The van der Waals surface area contributed by atoms with Gasteiger partial charge in [0, 0.05) is 38.8 Å². The molecule has 12 heteroatoms. The molecule has 0 radical (unpaired) electrons. The number of hydrogen-bond donors (Lipinski definition) is 6. The van der Waals surface area contributed by atoms with E-state index in [1.165, 1.54) is 89.9 Å². The molecule has 0 aromatic rings. The molecule has 0 rings (SSSR count). The number of carbonyl (C=O) groups excluding carboxylic acids is 4. The van der Waals surface area contributed by atoms with Crippen LogP contribution < -0.4 is 21.3 Å².